The highest BCUT2D eigenvalue weighted by Crippen LogP contribution is 2.55. The van der Waals surface area contributed by atoms with E-state index in [9.17, 15) is 5.11 Å². The van der Waals surface area contributed by atoms with E-state index in [1.54, 1.807) is 14.2 Å². The van der Waals surface area contributed by atoms with Crippen molar-refractivity contribution in [1.29, 1.82) is 0 Å². The Kier molecular flexibility index (Phi) is 3.22. The summed E-state index contributed by atoms with van der Waals surface area (Å²) in [6, 6.07) is 0. The van der Waals surface area contributed by atoms with Crippen LogP contribution in [0.4, 0.5) is 0 Å². The topological polar surface area (TPSA) is 38.7 Å². The van der Waals surface area contributed by atoms with Crippen molar-refractivity contribution in [3.63, 3.8) is 0 Å². The molecule has 3 atom stereocenters. The van der Waals surface area contributed by atoms with Crippen LogP contribution in [-0.2, 0) is 9.47 Å². The number of ether oxygens (including phenoxy) is 2. The SMILES string of the molecule is CO[C]1C(OC)=CC2=C3[C@H](CCC2)CC[C@@](C)(O)[C@H]13. The molecule has 0 bridgehead atoms. The zero-order valence-corrected chi connectivity index (χ0v) is 12.0. The molecule has 0 amide bonds. The van der Waals surface area contributed by atoms with Gasteiger partial charge in [0, 0.05) is 13.0 Å². The van der Waals surface area contributed by atoms with Crippen molar-refractivity contribution in [1.82, 2.24) is 0 Å². The molecule has 0 heterocycles. The van der Waals surface area contributed by atoms with E-state index >= 15 is 0 Å². The maximum Gasteiger partial charge on any atom is 0.170 e. The van der Waals surface area contributed by atoms with Gasteiger partial charge in [0.25, 0.3) is 0 Å². The minimum Gasteiger partial charge on any atom is -0.498 e. The summed E-state index contributed by atoms with van der Waals surface area (Å²) in [6.45, 7) is 1.94. The molecule has 3 rings (SSSR count). The third-order valence-corrected chi connectivity index (χ3v) is 4.99. The standard InChI is InChI=1S/C16H23O3/c1-16(17)8-7-10-5-4-6-11-9-12(18-2)15(19-3)14(16)13(10)11/h9-10,14,17H,4-8H2,1-3H3/t10-,14+,16-/m1/s1. The number of aliphatic hydroxyl groups is 1. The highest BCUT2D eigenvalue weighted by molar-refractivity contribution is 5.46. The number of allylic oxidation sites excluding steroid dienone is 2. The number of hydrogen-bond donors (Lipinski definition) is 1. The summed E-state index contributed by atoms with van der Waals surface area (Å²) in [5.74, 6) is 1.38. The van der Waals surface area contributed by atoms with Crippen molar-refractivity contribution in [2.45, 2.75) is 44.6 Å². The second-order valence-electron chi connectivity index (χ2n) is 6.18. The second kappa shape index (κ2) is 4.64. The molecular weight excluding hydrogens is 240 g/mol. The highest BCUT2D eigenvalue weighted by Gasteiger charge is 2.51. The van der Waals surface area contributed by atoms with Gasteiger partial charge in [-0.05, 0) is 56.6 Å². The summed E-state index contributed by atoms with van der Waals surface area (Å²) in [4.78, 5) is 0. The van der Waals surface area contributed by atoms with Gasteiger partial charge >= 0.3 is 0 Å². The van der Waals surface area contributed by atoms with Gasteiger partial charge in [-0.2, -0.15) is 0 Å². The zero-order valence-electron chi connectivity index (χ0n) is 12.0. The van der Waals surface area contributed by atoms with Crippen LogP contribution in [0.1, 0.15) is 39.0 Å². The monoisotopic (exact) mass is 263 g/mol. The lowest BCUT2D eigenvalue weighted by atomic mass is 9.60. The molecular formula is C16H23O3. The molecule has 3 heteroatoms. The van der Waals surface area contributed by atoms with E-state index in [2.05, 4.69) is 6.08 Å². The molecule has 0 saturated heterocycles. The third-order valence-electron chi connectivity index (χ3n) is 4.99. The fourth-order valence-electron chi connectivity index (χ4n) is 4.10. The first-order valence-corrected chi connectivity index (χ1v) is 7.20. The van der Waals surface area contributed by atoms with Crippen LogP contribution in [0.2, 0.25) is 0 Å². The average Bonchev–Trinajstić information content (AvgIpc) is 2.41. The van der Waals surface area contributed by atoms with Crippen molar-refractivity contribution in [3.8, 4) is 0 Å². The largest absolute Gasteiger partial charge is 0.498 e. The van der Waals surface area contributed by atoms with E-state index in [0.29, 0.717) is 5.92 Å². The summed E-state index contributed by atoms with van der Waals surface area (Å²) in [6.07, 6.45) is 8.45. The molecule has 3 aliphatic rings. The van der Waals surface area contributed by atoms with E-state index in [4.69, 9.17) is 9.47 Å². The van der Waals surface area contributed by atoms with Crippen LogP contribution in [0.25, 0.3) is 0 Å². The number of methoxy groups -OCH3 is 2. The third kappa shape index (κ3) is 1.95. The Bertz CT molecular complexity index is 433. The van der Waals surface area contributed by atoms with Crippen LogP contribution in [0.5, 0.6) is 0 Å². The predicted octanol–water partition coefficient (Wildman–Crippen LogP) is 2.97. The van der Waals surface area contributed by atoms with Gasteiger partial charge in [0.2, 0.25) is 0 Å². The summed E-state index contributed by atoms with van der Waals surface area (Å²) in [5.41, 5.74) is 2.07. The summed E-state index contributed by atoms with van der Waals surface area (Å²) >= 11 is 0. The van der Waals surface area contributed by atoms with Crippen molar-refractivity contribution in [2.75, 3.05) is 14.2 Å². The zero-order chi connectivity index (χ0) is 13.6. The molecule has 3 nitrogen and oxygen atoms in total. The molecule has 105 valence electrons. The fraction of sp³-hybridized carbons (Fsp3) is 0.688. The molecule has 1 radical (unpaired) electrons. The Morgan fingerprint density at radius 1 is 1.26 bits per heavy atom. The highest BCUT2D eigenvalue weighted by atomic mass is 16.5. The number of rotatable bonds is 2. The molecule has 1 fully saturated rings. The van der Waals surface area contributed by atoms with Gasteiger partial charge in [-0.15, -0.1) is 0 Å². The van der Waals surface area contributed by atoms with E-state index in [1.807, 2.05) is 6.92 Å². The van der Waals surface area contributed by atoms with Crippen molar-refractivity contribution in [2.24, 2.45) is 11.8 Å². The summed E-state index contributed by atoms with van der Waals surface area (Å²) in [7, 11) is 3.35. The molecule has 1 N–H and O–H groups in total. The fourth-order valence-corrected chi connectivity index (χ4v) is 4.10. The van der Waals surface area contributed by atoms with Gasteiger partial charge < -0.3 is 14.6 Å². The Morgan fingerprint density at radius 2 is 2.05 bits per heavy atom. The van der Waals surface area contributed by atoms with Crippen molar-refractivity contribution >= 4 is 0 Å². The minimum absolute atomic E-state index is 0.0218. The Labute approximate surface area is 115 Å². The lowest BCUT2D eigenvalue weighted by Gasteiger charge is -2.49. The van der Waals surface area contributed by atoms with E-state index in [0.717, 1.165) is 31.1 Å². The van der Waals surface area contributed by atoms with Crippen LogP contribution in [-0.4, -0.2) is 24.9 Å². The molecule has 0 aromatic rings. The molecule has 0 aromatic heterocycles. The summed E-state index contributed by atoms with van der Waals surface area (Å²) in [5, 5.41) is 10.8. The summed E-state index contributed by atoms with van der Waals surface area (Å²) < 4.78 is 11.1. The van der Waals surface area contributed by atoms with Gasteiger partial charge in [-0.25, -0.2) is 0 Å². The van der Waals surface area contributed by atoms with Gasteiger partial charge in [0.05, 0.1) is 12.7 Å². The van der Waals surface area contributed by atoms with Crippen molar-refractivity contribution < 1.29 is 14.6 Å². The van der Waals surface area contributed by atoms with Crippen LogP contribution >= 0.6 is 0 Å². The maximum absolute atomic E-state index is 10.8. The quantitative estimate of drug-likeness (QED) is 0.832. The van der Waals surface area contributed by atoms with Crippen LogP contribution in [0, 0.1) is 17.9 Å². The minimum atomic E-state index is -0.724. The molecule has 1 saturated carbocycles. The molecule has 0 spiro atoms. The van der Waals surface area contributed by atoms with E-state index < -0.39 is 5.60 Å². The molecule has 19 heavy (non-hydrogen) atoms. The van der Waals surface area contributed by atoms with Gasteiger partial charge in [-0.1, -0.05) is 5.57 Å². The lowest BCUT2D eigenvalue weighted by molar-refractivity contribution is -0.0482. The smallest absolute Gasteiger partial charge is 0.170 e. The Morgan fingerprint density at radius 3 is 2.74 bits per heavy atom. The molecule has 0 unspecified atom stereocenters. The van der Waals surface area contributed by atoms with Gasteiger partial charge in [-0.3, -0.25) is 0 Å². The Balaban J connectivity index is 2.11. The van der Waals surface area contributed by atoms with Gasteiger partial charge in [0.1, 0.15) is 5.76 Å². The van der Waals surface area contributed by atoms with Crippen LogP contribution in [0.15, 0.2) is 23.0 Å². The normalized spacial score (nSPS) is 38.8. The average molecular weight is 263 g/mol. The van der Waals surface area contributed by atoms with E-state index in [1.165, 1.54) is 24.0 Å². The van der Waals surface area contributed by atoms with Crippen LogP contribution in [0.3, 0.4) is 0 Å². The molecule has 3 aliphatic carbocycles. The lowest BCUT2D eigenvalue weighted by Crippen LogP contribution is -2.48. The maximum atomic E-state index is 10.8. The first-order valence-electron chi connectivity index (χ1n) is 7.20. The molecule has 0 aliphatic heterocycles. The first kappa shape index (κ1) is 13.2. The van der Waals surface area contributed by atoms with E-state index in [-0.39, 0.29) is 5.92 Å². The Hall–Kier alpha value is -0.800. The molecule has 0 aromatic carbocycles. The first-order chi connectivity index (χ1) is 9.08. The van der Waals surface area contributed by atoms with Crippen molar-refractivity contribution in [3.05, 3.63) is 29.1 Å². The predicted molar refractivity (Wildman–Crippen MR) is 73.1 cm³/mol. The van der Waals surface area contributed by atoms with Gasteiger partial charge in [0.15, 0.2) is 6.10 Å². The second-order valence-corrected chi connectivity index (χ2v) is 6.18. The van der Waals surface area contributed by atoms with Crippen LogP contribution < -0.4 is 0 Å². The number of hydrogen-bond acceptors (Lipinski definition) is 3.